The van der Waals surface area contributed by atoms with E-state index in [2.05, 4.69) is 76.8 Å². The molecule has 2 atom stereocenters. The van der Waals surface area contributed by atoms with Crippen molar-refractivity contribution in [2.75, 3.05) is 0 Å². The molecule has 0 radical (unpaired) electrons. The van der Waals surface area contributed by atoms with Gasteiger partial charge in [-0.2, -0.15) is 0 Å². The molecule has 0 saturated carbocycles. The van der Waals surface area contributed by atoms with Gasteiger partial charge in [-0.15, -0.1) is 5.92 Å². The van der Waals surface area contributed by atoms with Crippen molar-refractivity contribution < 1.29 is 0 Å². The minimum absolute atomic E-state index is 0.686. The van der Waals surface area contributed by atoms with Crippen LogP contribution in [-0.2, 0) is 0 Å². The Labute approximate surface area is 174 Å². The van der Waals surface area contributed by atoms with Gasteiger partial charge in [-0.3, -0.25) is 0 Å². The molecule has 0 N–H and O–H groups in total. The second-order valence-corrected chi connectivity index (χ2v) is 9.14. The van der Waals surface area contributed by atoms with Crippen molar-refractivity contribution in [2.24, 2.45) is 17.8 Å². The molecule has 0 aromatic carbocycles. The predicted octanol–water partition coefficient (Wildman–Crippen LogP) is 8.35. The third kappa shape index (κ3) is 7.01. The van der Waals surface area contributed by atoms with Crippen LogP contribution in [0.1, 0.15) is 86.5 Å². The molecule has 2 aliphatic carbocycles. The minimum atomic E-state index is 0.686. The van der Waals surface area contributed by atoms with Gasteiger partial charge in [0.15, 0.2) is 0 Å². The summed E-state index contributed by atoms with van der Waals surface area (Å²) >= 11 is 0. The monoisotopic (exact) mass is 376 g/mol. The zero-order valence-electron chi connectivity index (χ0n) is 19.1. The van der Waals surface area contributed by atoms with Gasteiger partial charge in [-0.05, 0) is 90.4 Å². The van der Waals surface area contributed by atoms with Crippen molar-refractivity contribution in [1.82, 2.24) is 0 Å². The van der Waals surface area contributed by atoms with Crippen LogP contribution in [0.4, 0.5) is 0 Å². The Balaban J connectivity index is 1.89. The van der Waals surface area contributed by atoms with Crippen molar-refractivity contribution >= 4 is 0 Å². The first-order chi connectivity index (χ1) is 13.4. The first-order valence-corrected chi connectivity index (χ1v) is 11.2. The van der Waals surface area contributed by atoms with Crippen LogP contribution in [0.2, 0.25) is 0 Å². The van der Waals surface area contributed by atoms with E-state index in [1.807, 2.05) is 6.92 Å². The van der Waals surface area contributed by atoms with Crippen LogP contribution >= 0.6 is 0 Å². The molecule has 2 aliphatic rings. The van der Waals surface area contributed by atoms with Gasteiger partial charge >= 0.3 is 0 Å². The van der Waals surface area contributed by atoms with Crippen molar-refractivity contribution in [3.8, 4) is 11.8 Å². The van der Waals surface area contributed by atoms with Crippen molar-refractivity contribution in [2.45, 2.75) is 86.5 Å². The maximum absolute atomic E-state index is 3.16. The van der Waals surface area contributed by atoms with E-state index in [1.165, 1.54) is 49.7 Å². The average Bonchev–Trinajstić information content (AvgIpc) is 2.68. The van der Waals surface area contributed by atoms with Gasteiger partial charge in [0, 0.05) is 5.57 Å². The van der Waals surface area contributed by atoms with Gasteiger partial charge in [0.05, 0.1) is 0 Å². The largest absolute Gasteiger partial charge is 0.101 e. The summed E-state index contributed by atoms with van der Waals surface area (Å²) in [5.41, 5.74) is 7.61. The zero-order chi connectivity index (χ0) is 20.5. The molecule has 0 bridgehead atoms. The van der Waals surface area contributed by atoms with E-state index in [1.54, 1.807) is 16.7 Å². The highest BCUT2D eigenvalue weighted by Crippen LogP contribution is 2.34. The van der Waals surface area contributed by atoms with Crippen LogP contribution < -0.4 is 0 Å². The Morgan fingerprint density at radius 1 is 1.18 bits per heavy atom. The number of allylic oxidation sites excluding steroid dienone is 10. The molecular weight excluding hydrogens is 336 g/mol. The highest BCUT2D eigenvalue weighted by atomic mass is 14.2. The Morgan fingerprint density at radius 2 is 1.96 bits per heavy atom. The lowest BCUT2D eigenvalue weighted by Gasteiger charge is -2.26. The van der Waals surface area contributed by atoms with Crippen molar-refractivity contribution in [3.05, 3.63) is 58.2 Å². The fraction of sp³-hybridized carbons (Fsp3) is 0.571. The van der Waals surface area contributed by atoms with E-state index in [-0.39, 0.29) is 0 Å². The topological polar surface area (TPSA) is 0 Å². The highest BCUT2D eigenvalue weighted by Gasteiger charge is 2.19. The minimum Gasteiger partial charge on any atom is -0.101 e. The molecule has 0 fully saturated rings. The summed E-state index contributed by atoms with van der Waals surface area (Å²) < 4.78 is 0. The van der Waals surface area contributed by atoms with E-state index in [9.17, 15) is 0 Å². The molecule has 0 aliphatic heterocycles. The molecule has 0 spiro atoms. The van der Waals surface area contributed by atoms with Gasteiger partial charge in [0.2, 0.25) is 0 Å². The fourth-order valence-electron chi connectivity index (χ4n) is 4.38. The molecular formula is C28H40. The lowest BCUT2D eigenvalue weighted by molar-refractivity contribution is 0.428. The van der Waals surface area contributed by atoms with Crippen LogP contribution in [0.3, 0.4) is 0 Å². The Hall–Kier alpha value is -1.74. The molecule has 2 unspecified atom stereocenters. The second-order valence-electron chi connectivity index (χ2n) is 9.14. The van der Waals surface area contributed by atoms with Gasteiger partial charge < -0.3 is 0 Å². The van der Waals surface area contributed by atoms with E-state index < -0.39 is 0 Å². The second kappa shape index (κ2) is 11.3. The molecule has 28 heavy (non-hydrogen) atoms. The zero-order valence-corrected chi connectivity index (χ0v) is 19.1. The van der Waals surface area contributed by atoms with Gasteiger partial charge in [0.1, 0.15) is 0 Å². The molecule has 0 heterocycles. The summed E-state index contributed by atoms with van der Waals surface area (Å²) in [6.07, 6.45) is 20.3. The molecule has 0 aromatic heterocycles. The van der Waals surface area contributed by atoms with Gasteiger partial charge in [0.25, 0.3) is 0 Å². The highest BCUT2D eigenvalue weighted by molar-refractivity contribution is 5.39. The van der Waals surface area contributed by atoms with E-state index >= 15 is 0 Å². The van der Waals surface area contributed by atoms with Crippen molar-refractivity contribution in [3.63, 3.8) is 0 Å². The standard InChI is InChI=1S/C28H40/c1-7-9-25-16-18-26(19-17-25)11-8-10-23(5)24(6)28(21(2)3)20-27-14-12-22(4)13-15-27/h12,14,16-18,21,26,28H,8,10-11,13,15,19-20H2,1-6H3. The van der Waals surface area contributed by atoms with Crippen LogP contribution in [0.5, 0.6) is 0 Å². The van der Waals surface area contributed by atoms with E-state index in [0.29, 0.717) is 17.8 Å². The number of rotatable bonds is 8. The molecule has 152 valence electrons. The first-order valence-electron chi connectivity index (χ1n) is 11.2. The lowest BCUT2D eigenvalue weighted by atomic mass is 9.79. The maximum Gasteiger partial charge on any atom is 0.0202 e. The third-order valence-corrected chi connectivity index (χ3v) is 6.54. The van der Waals surface area contributed by atoms with Crippen LogP contribution in [0, 0.1) is 29.6 Å². The lowest BCUT2D eigenvalue weighted by Crippen LogP contribution is -2.13. The Kier molecular flexibility index (Phi) is 9.11. The summed E-state index contributed by atoms with van der Waals surface area (Å²) in [6.45, 7) is 13.7. The average molecular weight is 377 g/mol. The summed E-state index contributed by atoms with van der Waals surface area (Å²) in [6, 6.07) is 0. The quantitative estimate of drug-likeness (QED) is 0.295. The van der Waals surface area contributed by atoms with Crippen LogP contribution in [-0.4, -0.2) is 0 Å². The molecule has 2 rings (SSSR count). The summed E-state index contributed by atoms with van der Waals surface area (Å²) in [5, 5.41) is 0. The summed E-state index contributed by atoms with van der Waals surface area (Å²) in [4.78, 5) is 0. The van der Waals surface area contributed by atoms with Crippen LogP contribution in [0.15, 0.2) is 58.2 Å². The molecule has 0 heteroatoms. The molecule has 0 saturated heterocycles. The number of hydrogen-bond donors (Lipinski definition) is 0. The Bertz CT molecular complexity index is 737. The van der Waals surface area contributed by atoms with Gasteiger partial charge in [-0.25, -0.2) is 0 Å². The fourth-order valence-corrected chi connectivity index (χ4v) is 4.38. The predicted molar refractivity (Wildman–Crippen MR) is 125 cm³/mol. The molecule has 0 nitrogen and oxygen atoms in total. The van der Waals surface area contributed by atoms with Crippen LogP contribution in [0.25, 0.3) is 0 Å². The van der Waals surface area contributed by atoms with Crippen molar-refractivity contribution in [1.29, 1.82) is 0 Å². The summed E-state index contributed by atoms with van der Waals surface area (Å²) in [7, 11) is 0. The normalized spacial score (nSPS) is 21.2. The smallest absolute Gasteiger partial charge is 0.0202 e. The first kappa shape index (κ1) is 22.5. The number of hydrogen-bond acceptors (Lipinski definition) is 0. The molecule has 0 aromatic rings. The van der Waals surface area contributed by atoms with E-state index in [4.69, 9.17) is 0 Å². The third-order valence-electron chi connectivity index (χ3n) is 6.54. The van der Waals surface area contributed by atoms with E-state index in [0.717, 1.165) is 6.42 Å². The SMILES string of the molecule is CC#CC1=CCC(CCCC(C)=C(C)C(CC2=CC=C(C)CC2)C(C)C)C=C1. The Morgan fingerprint density at radius 3 is 2.54 bits per heavy atom. The molecule has 0 amide bonds. The van der Waals surface area contributed by atoms with Gasteiger partial charge in [-0.1, -0.05) is 72.4 Å². The summed E-state index contributed by atoms with van der Waals surface area (Å²) in [5.74, 6) is 8.23. The maximum atomic E-state index is 3.16.